The fraction of sp³-hybridized carbons (Fsp3) is 0.571. The van der Waals surface area contributed by atoms with Gasteiger partial charge in [0, 0.05) is 32.6 Å². The quantitative estimate of drug-likeness (QED) is 0.803. The molecule has 2 heterocycles. The predicted octanol–water partition coefficient (Wildman–Crippen LogP) is 1.90. The highest BCUT2D eigenvalue weighted by atomic mass is 16.6. The van der Waals surface area contributed by atoms with Gasteiger partial charge in [0.2, 0.25) is 5.91 Å². The minimum atomic E-state index is -1.15. The van der Waals surface area contributed by atoms with Crippen LogP contribution in [0.3, 0.4) is 0 Å². The molecule has 0 spiro atoms. The third-order valence-electron chi connectivity index (χ3n) is 5.11. The van der Waals surface area contributed by atoms with Gasteiger partial charge >= 0.3 is 6.09 Å². The highest BCUT2D eigenvalue weighted by Gasteiger charge is 2.46. The van der Waals surface area contributed by atoms with Gasteiger partial charge in [0.25, 0.3) is 5.91 Å². The molecule has 0 aliphatic carbocycles. The molecule has 2 aliphatic rings. The van der Waals surface area contributed by atoms with Gasteiger partial charge in [-0.25, -0.2) is 9.80 Å². The zero-order valence-electron chi connectivity index (χ0n) is 17.6. The Bertz CT molecular complexity index is 804. The van der Waals surface area contributed by atoms with Crippen molar-refractivity contribution in [1.82, 2.24) is 20.7 Å². The molecule has 1 fully saturated rings. The zero-order chi connectivity index (χ0) is 21.2. The Morgan fingerprint density at radius 3 is 2.66 bits per heavy atom. The van der Waals surface area contributed by atoms with Gasteiger partial charge in [-0.1, -0.05) is 24.3 Å². The molecule has 0 radical (unpaired) electrons. The molecule has 1 aromatic carbocycles. The number of alkyl carbamates (subject to hydrolysis) is 1. The number of hydrogen-bond acceptors (Lipinski definition) is 5. The van der Waals surface area contributed by atoms with E-state index in [2.05, 4.69) is 10.6 Å². The minimum Gasteiger partial charge on any atom is -0.444 e. The van der Waals surface area contributed by atoms with E-state index in [4.69, 9.17) is 4.74 Å². The van der Waals surface area contributed by atoms with Crippen molar-refractivity contribution in [3.05, 3.63) is 35.4 Å². The Labute approximate surface area is 171 Å². The van der Waals surface area contributed by atoms with Crippen molar-refractivity contribution in [2.45, 2.75) is 58.2 Å². The summed E-state index contributed by atoms with van der Waals surface area (Å²) in [5.41, 5.74) is 0.0871. The van der Waals surface area contributed by atoms with Gasteiger partial charge in [0.1, 0.15) is 11.1 Å². The molecule has 29 heavy (non-hydrogen) atoms. The third kappa shape index (κ3) is 4.70. The number of nitrogens with one attached hydrogen (secondary N) is 2. The lowest BCUT2D eigenvalue weighted by molar-refractivity contribution is -0.152. The van der Waals surface area contributed by atoms with Crippen molar-refractivity contribution in [1.29, 1.82) is 0 Å². The van der Waals surface area contributed by atoms with Gasteiger partial charge in [-0.05, 0) is 45.2 Å². The van der Waals surface area contributed by atoms with Crippen LogP contribution in [0.25, 0.3) is 0 Å². The highest BCUT2D eigenvalue weighted by molar-refractivity contribution is 5.93. The van der Waals surface area contributed by atoms with Crippen LogP contribution in [0, 0.1) is 0 Å². The molecule has 0 saturated carbocycles. The second-order valence-electron chi connectivity index (χ2n) is 8.68. The summed E-state index contributed by atoms with van der Waals surface area (Å²) >= 11 is 0. The molecule has 2 aliphatic heterocycles. The first-order chi connectivity index (χ1) is 13.6. The van der Waals surface area contributed by atoms with Crippen LogP contribution in [0.5, 0.6) is 0 Å². The second-order valence-corrected chi connectivity index (χ2v) is 8.68. The Balaban J connectivity index is 1.70. The van der Waals surface area contributed by atoms with Gasteiger partial charge < -0.3 is 15.4 Å². The topological polar surface area (TPSA) is 91.0 Å². The lowest BCUT2D eigenvalue weighted by Gasteiger charge is -2.34. The number of amides is 3. The van der Waals surface area contributed by atoms with Gasteiger partial charge in [0.15, 0.2) is 0 Å². The first-order valence-electron chi connectivity index (χ1n) is 10.0. The molecule has 3 amide bonds. The maximum atomic E-state index is 13.4. The molecular weight excluding hydrogens is 372 g/mol. The standard InChI is InChI=1S/C21H30N4O4/c1-20(2,3)29-19(28)22-11-10-17(26)23-21(4)16-9-6-5-8-15(16)14-24-12-7-13-25(24)18(21)27/h5-6,8-9H,7,10-14H2,1-4H3,(H,22,28)(H,23,26). The average molecular weight is 402 g/mol. The maximum Gasteiger partial charge on any atom is 0.407 e. The highest BCUT2D eigenvalue weighted by Crippen LogP contribution is 2.33. The number of benzene rings is 1. The lowest BCUT2D eigenvalue weighted by atomic mass is 9.87. The molecule has 8 nitrogen and oxygen atoms in total. The first kappa shape index (κ1) is 21.1. The van der Waals surface area contributed by atoms with Gasteiger partial charge in [-0.2, -0.15) is 0 Å². The molecule has 1 atom stereocenters. The zero-order valence-corrected chi connectivity index (χ0v) is 17.6. The second kappa shape index (κ2) is 8.02. The average Bonchev–Trinajstić information content (AvgIpc) is 3.04. The van der Waals surface area contributed by atoms with Crippen molar-refractivity contribution in [3.63, 3.8) is 0 Å². The fourth-order valence-electron chi connectivity index (χ4n) is 3.83. The van der Waals surface area contributed by atoms with Crippen LogP contribution in [0.4, 0.5) is 4.79 Å². The van der Waals surface area contributed by atoms with Crippen LogP contribution >= 0.6 is 0 Å². The predicted molar refractivity (Wildman–Crippen MR) is 108 cm³/mol. The molecule has 1 aromatic rings. The summed E-state index contributed by atoms with van der Waals surface area (Å²) in [7, 11) is 0. The van der Waals surface area contributed by atoms with E-state index in [1.165, 1.54) is 0 Å². The summed E-state index contributed by atoms with van der Waals surface area (Å²) in [6, 6.07) is 7.73. The first-order valence-corrected chi connectivity index (χ1v) is 10.0. The van der Waals surface area contributed by atoms with Gasteiger partial charge in [-0.15, -0.1) is 0 Å². The van der Waals surface area contributed by atoms with Crippen molar-refractivity contribution < 1.29 is 19.1 Å². The number of hydrazine groups is 1. The van der Waals surface area contributed by atoms with E-state index in [9.17, 15) is 14.4 Å². The summed E-state index contributed by atoms with van der Waals surface area (Å²) in [5, 5.41) is 9.29. The molecule has 1 saturated heterocycles. The van der Waals surface area contributed by atoms with E-state index >= 15 is 0 Å². The number of ether oxygens (including phenoxy) is 1. The number of rotatable bonds is 4. The minimum absolute atomic E-state index is 0.0496. The van der Waals surface area contributed by atoms with Gasteiger partial charge in [-0.3, -0.25) is 14.6 Å². The van der Waals surface area contributed by atoms with E-state index in [0.717, 1.165) is 24.1 Å². The summed E-state index contributed by atoms with van der Waals surface area (Å²) in [6.45, 7) is 9.33. The lowest BCUT2D eigenvalue weighted by Crippen LogP contribution is -2.56. The summed E-state index contributed by atoms with van der Waals surface area (Å²) in [6.07, 6.45) is 0.395. The number of nitrogens with zero attached hydrogens (tertiary/aromatic N) is 2. The van der Waals surface area contributed by atoms with E-state index in [1.807, 2.05) is 29.3 Å². The van der Waals surface area contributed by atoms with Crippen LogP contribution in [-0.2, 0) is 26.4 Å². The molecule has 3 rings (SSSR count). The molecule has 0 aromatic heterocycles. The Hall–Kier alpha value is -2.61. The molecule has 8 heteroatoms. The SMILES string of the molecule is CC(C)(C)OC(=O)NCCC(=O)NC1(C)C(=O)N2CCCN2Cc2ccccc21. The van der Waals surface area contributed by atoms with E-state index in [-0.39, 0.29) is 24.8 Å². The summed E-state index contributed by atoms with van der Waals surface area (Å²) in [4.78, 5) is 37.8. The molecule has 158 valence electrons. The summed E-state index contributed by atoms with van der Waals surface area (Å²) in [5.74, 6) is -0.437. The van der Waals surface area contributed by atoms with Crippen LogP contribution in [0.1, 0.15) is 51.7 Å². The Kier molecular flexibility index (Phi) is 5.84. The third-order valence-corrected chi connectivity index (χ3v) is 5.11. The Morgan fingerprint density at radius 1 is 1.21 bits per heavy atom. The fourth-order valence-corrected chi connectivity index (χ4v) is 3.83. The molecule has 1 unspecified atom stereocenters. The van der Waals surface area contributed by atoms with Crippen LogP contribution in [0.2, 0.25) is 0 Å². The van der Waals surface area contributed by atoms with E-state index in [1.54, 1.807) is 32.7 Å². The van der Waals surface area contributed by atoms with E-state index < -0.39 is 17.2 Å². The van der Waals surface area contributed by atoms with Crippen LogP contribution < -0.4 is 10.6 Å². The Morgan fingerprint density at radius 2 is 1.93 bits per heavy atom. The molecule has 2 N–H and O–H groups in total. The van der Waals surface area contributed by atoms with Crippen molar-refractivity contribution >= 4 is 17.9 Å². The smallest absolute Gasteiger partial charge is 0.407 e. The molecular formula is C21H30N4O4. The largest absolute Gasteiger partial charge is 0.444 e. The summed E-state index contributed by atoms with van der Waals surface area (Å²) < 4.78 is 5.17. The van der Waals surface area contributed by atoms with Gasteiger partial charge in [0.05, 0.1) is 0 Å². The number of hydrogen-bond donors (Lipinski definition) is 2. The van der Waals surface area contributed by atoms with Crippen molar-refractivity contribution in [2.24, 2.45) is 0 Å². The normalized spacial score (nSPS) is 21.8. The number of fused-ring (bicyclic) bond motifs is 2. The van der Waals surface area contributed by atoms with Crippen molar-refractivity contribution in [2.75, 3.05) is 19.6 Å². The maximum absolute atomic E-state index is 13.4. The van der Waals surface area contributed by atoms with E-state index in [0.29, 0.717) is 13.1 Å². The van der Waals surface area contributed by atoms with Crippen LogP contribution in [0.15, 0.2) is 24.3 Å². The van der Waals surface area contributed by atoms with Crippen molar-refractivity contribution in [3.8, 4) is 0 Å². The monoisotopic (exact) mass is 402 g/mol. The molecule has 0 bridgehead atoms. The van der Waals surface area contributed by atoms with Crippen LogP contribution in [-0.4, -0.2) is 53.2 Å². The number of carbonyl (C=O) groups excluding carboxylic acids is 3. The number of carbonyl (C=O) groups is 3.